The molecular weight excluding hydrogens is 188 g/mol. The molecule has 0 saturated carbocycles. The van der Waals surface area contributed by atoms with E-state index in [0.717, 1.165) is 24.8 Å². The van der Waals surface area contributed by atoms with Crippen LogP contribution in [0.1, 0.15) is 39.5 Å². The Bertz CT molecular complexity index is 361. The Morgan fingerprint density at radius 2 is 2.07 bits per heavy atom. The lowest BCUT2D eigenvalue weighted by Crippen LogP contribution is -2.13. The smallest absolute Gasteiger partial charge is 0.338 e. The average molecular weight is 206 g/mol. The molecule has 2 nitrogen and oxygen atoms in total. The minimum Gasteiger partial charge on any atom is -0.465 e. The Labute approximate surface area is 91.0 Å². The predicted octanol–water partition coefficient (Wildman–Crippen LogP) is 3.00. The summed E-state index contributed by atoms with van der Waals surface area (Å²) in [6.07, 6.45) is 4.41. The lowest BCUT2D eigenvalue weighted by atomic mass is 9.85. The zero-order valence-corrected chi connectivity index (χ0v) is 9.72. The Balaban J connectivity index is 2.42. The first-order valence-corrected chi connectivity index (χ1v) is 5.65. The molecule has 0 aromatic carbocycles. The number of carbonyl (C=O) groups excluding carboxylic acids is 1. The third kappa shape index (κ3) is 1.62. The quantitative estimate of drug-likeness (QED) is 0.616. The summed E-state index contributed by atoms with van der Waals surface area (Å²) in [7, 11) is 1.47. The summed E-state index contributed by atoms with van der Waals surface area (Å²) in [4.78, 5) is 11.7. The maximum absolute atomic E-state index is 11.7. The van der Waals surface area contributed by atoms with E-state index in [2.05, 4.69) is 13.8 Å². The van der Waals surface area contributed by atoms with Gasteiger partial charge in [-0.15, -0.1) is 0 Å². The first kappa shape index (κ1) is 10.5. The van der Waals surface area contributed by atoms with Gasteiger partial charge in [-0.3, -0.25) is 0 Å². The summed E-state index contributed by atoms with van der Waals surface area (Å²) in [5.74, 6) is 0.515. The van der Waals surface area contributed by atoms with Gasteiger partial charge in [-0.05, 0) is 44.1 Å². The highest BCUT2D eigenvalue weighted by Crippen LogP contribution is 2.43. The summed E-state index contributed by atoms with van der Waals surface area (Å²) in [5, 5.41) is 0. The van der Waals surface area contributed by atoms with Crippen molar-refractivity contribution in [1.29, 1.82) is 0 Å². The average Bonchev–Trinajstić information content (AvgIpc) is 2.59. The molecule has 0 radical (unpaired) electrons. The minimum atomic E-state index is -0.145. The highest BCUT2D eigenvalue weighted by molar-refractivity contribution is 5.95. The highest BCUT2D eigenvalue weighted by atomic mass is 16.5. The molecule has 15 heavy (non-hydrogen) atoms. The Morgan fingerprint density at radius 3 is 2.73 bits per heavy atom. The van der Waals surface area contributed by atoms with Crippen molar-refractivity contribution >= 4 is 5.97 Å². The van der Waals surface area contributed by atoms with Crippen molar-refractivity contribution in [3.05, 3.63) is 22.3 Å². The van der Waals surface area contributed by atoms with E-state index in [9.17, 15) is 4.79 Å². The third-order valence-electron chi connectivity index (χ3n) is 3.70. The van der Waals surface area contributed by atoms with Gasteiger partial charge >= 0.3 is 5.97 Å². The second kappa shape index (κ2) is 3.84. The molecule has 0 aromatic rings. The van der Waals surface area contributed by atoms with Gasteiger partial charge in [0.25, 0.3) is 0 Å². The first-order valence-electron chi connectivity index (χ1n) is 5.65. The molecule has 82 valence electrons. The van der Waals surface area contributed by atoms with Crippen LogP contribution in [0.2, 0.25) is 0 Å². The number of esters is 1. The van der Waals surface area contributed by atoms with Crippen molar-refractivity contribution in [2.45, 2.75) is 39.5 Å². The minimum absolute atomic E-state index is 0.145. The van der Waals surface area contributed by atoms with Gasteiger partial charge in [0, 0.05) is 0 Å². The topological polar surface area (TPSA) is 26.3 Å². The van der Waals surface area contributed by atoms with Crippen LogP contribution in [-0.4, -0.2) is 13.1 Å². The molecule has 0 aromatic heterocycles. The summed E-state index contributed by atoms with van der Waals surface area (Å²) in [6, 6.07) is 0. The van der Waals surface area contributed by atoms with Crippen LogP contribution in [0.25, 0.3) is 0 Å². The Hall–Kier alpha value is -1.05. The molecule has 2 aliphatic carbocycles. The molecule has 0 heterocycles. The number of hydrogen-bond acceptors (Lipinski definition) is 2. The van der Waals surface area contributed by atoms with Crippen LogP contribution in [0.5, 0.6) is 0 Å². The SMILES string of the molecule is COC(=O)C1=C(C)CCC2=C1CCC2C. The van der Waals surface area contributed by atoms with Crippen LogP contribution in [0, 0.1) is 5.92 Å². The lowest BCUT2D eigenvalue weighted by molar-refractivity contribution is -0.135. The predicted molar refractivity (Wildman–Crippen MR) is 59.4 cm³/mol. The van der Waals surface area contributed by atoms with E-state index in [-0.39, 0.29) is 5.97 Å². The maximum atomic E-state index is 11.7. The number of allylic oxidation sites excluding steroid dienone is 2. The standard InChI is InChI=1S/C13H18O2/c1-8-4-7-11-10(8)6-5-9(2)12(11)13(14)15-3/h8H,4-7H2,1-3H3. The van der Waals surface area contributed by atoms with Gasteiger partial charge in [0.2, 0.25) is 0 Å². The number of carbonyl (C=O) groups is 1. The zero-order chi connectivity index (χ0) is 11.0. The van der Waals surface area contributed by atoms with E-state index >= 15 is 0 Å². The lowest BCUT2D eigenvalue weighted by Gasteiger charge is -2.20. The fourth-order valence-corrected chi connectivity index (χ4v) is 2.78. The van der Waals surface area contributed by atoms with E-state index < -0.39 is 0 Å². The van der Waals surface area contributed by atoms with E-state index in [0.29, 0.717) is 5.92 Å². The monoisotopic (exact) mass is 206 g/mol. The van der Waals surface area contributed by atoms with E-state index in [1.807, 2.05) is 0 Å². The van der Waals surface area contributed by atoms with Crippen LogP contribution >= 0.6 is 0 Å². The van der Waals surface area contributed by atoms with Gasteiger partial charge in [-0.1, -0.05) is 18.1 Å². The third-order valence-corrected chi connectivity index (χ3v) is 3.70. The summed E-state index contributed by atoms with van der Waals surface area (Å²) in [5.41, 5.74) is 4.87. The van der Waals surface area contributed by atoms with Crippen molar-refractivity contribution in [2.75, 3.05) is 7.11 Å². The van der Waals surface area contributed by atoms with Gasteiger partial charge < -0.3 is 4.74 Å². The molecule has 0 N–H and O–H groups in total. The fraction of sp³-hybridized carbons (Fsp3) is 0.615. The van der Waals surface area contributed by atoms with Gasteiger partial charge in [-0.2, -0.15) is 0 Å². The second-order valence-electron chi connectivity index (χ2n) is 4.59. The fourth-order valence-electron chi connectivity index (χ4n) is 2.78. The maximum Gasteiger partial charge on any atom is 0.338 e. The zero-order valence-electron chi connectivity index (χ0n) is 9.72. The molecule has 0 spiro atoms. The number of rotatable bonds is 1. The molecule has 0 aliphatic heterocycles. The van der Waals surface area contributed by atoms with Crippen molar-refractivity contribution in [3.8, 4) is 0 Å². The first-order chi connectivity index (χ1) is 7.15. The van der Waals surface area contributed by atoms with Crippen LogP contribution in [0.15, 0.2) is 22.3 Å². The molecule has 0 fully saturated rings. The normalized spacial score (nSPS) is 25.7. The molecule has 1 atom stereocenters. The van der Waals surface area contributed by atoms with Crippen molar-refractivity contribution in [2.24, 2.45) is 5.92 Å². The van der Waals surface area contributed by atoms with Gasteiger partial charge in [0.1, 0.15) is 0 Å². The van der Waals surface area contributed by atoms with Crippen LogP contribution in [0.4, 0.5) is 0 Å². The molecule has 2 rings (SSSR count). The molecule has 2 aliphatic rings. The number of methoxy groups -OCH3 is 1. The Kier molecular flexibility index (Phi) is 2.68. The van der Waals surface area contributed by atoms with Gasteiger partial charge in [-0.25, -0.2) is 4.79 Å². The summed E-state index contributed by atoms with van der Waals surface area (Å²) >= 11 is 0. The molecule has 0 bridgehead atoms. The van der Waals surface area contributed by atoms with Crippen LogP contribution < -0.4 is 0 Å². The molecule has 1 unspecified atom stereocenters. The van der Waals surface area contributed by atoms with Crippen molar-refractivity contribution in [1.82, 2.24) is 0 Å². The number of hydrogen-bond donors (Lipinski definition) is 0. The van der Waals surface area contributed by atoms with E-state index in [1.165, 1.54) is 30.2 Å². The van der Waals surface area contributed by atoms with E-state index in [4.69, 9.17) is 4.74 Å². The largest absolute Gasteiger partial charge is 0.465 e. The second-order valence-corrected chi connectivity index (χ2v) is 4.59. The molecule has 2 heteroatoms. The molecule has 0 saturated heterocycles. The van der Waals surface area contributed by atoms with E-state index in [1.54, 1.807) is 0 Å². The van der Waals surface area contributed by atoms with Gasteiger partial charge in [0.15, 0.2) is 0 Å². The summed E-state index contributed by atoms with van der Waals surface area (Å²) in [6.45, 7) is 4.32. The number of ether oxygens (including phenoxy) is 1. The van der Waals surface area contributed by atoms with Crippen LogP contribution in [0.3, 0.4) is 0 Å². The molecule has 0 amide bonds. The Morgan fingerprint density at radius 1 is 1.33 bits per heavy atom. The van der Waals surface area contributed by atoms with Crippen LogP contribution in [-0.2, 0) is 9.53 Å². The van der Waals surface area contributed by atoms with Gasteiger partial charge in [0.05, 0.1) is 12.7 Å². The molecular formula is C13H18O2. The summed E-state index contributed by atoms with van der Waals surface area (Å²) < 4.78 is 4.87. The van der Waals surface area contributed by atoms with Crippen molar-refractivity contribution in [3.63, 3.8) is 0 Å². The van der Waals surface area contributed by atoms with Crippen molar-refractivity contribution < 1.29 is 9.53 Å². The highest BCUT2D eigenvalue weighted by Gasteiger charge is 2.31.